The minimum atomic E-state index is -0.289. The van der Waals surface area contributed by atoms with Crippen LogP contribution in [0, 0.1) is 0 Å². The maximum atomic E-state index is 10.5. The van der Waals surface area contributed by atoms with E-state index < -0.39 is 0 Å². The Balaban J connectivity index is 3.45. The van der Waals surface area contributed by atoms with Gasteiger partial charge in [-0.05, 0) is 13.3 Å². The lowest BCUT2D eigenvalue weighted by molar-refractivity contribution is -0.140. The van der Waals surface area contributed by atoms with Crippen molar-refractivity contribution in [3.63, 3.8) is 0 Å². The topological polar surface area (TPSA) is 58.9 Å². The fraction of sp³-hybridized carbons (Fsp3) is 0.667. The van der Waals surface area contributed by atoms with Gasteiger partial charge in [-0.3, -0.25) is 4.79 Å². The van der Waals surface area contributed by atoms with E-state index in [0.29, 0.717) is 12.1 Å². The van der Waals surface area contributed by atoms with E-state index in [9.17, 15) is 4.79 Å². The van der Waals surface area contributed by atoms with Crippen LogP contribution in [0.15, 0.2) is 5.16 Å². The second-order valence-electron chi connectivity index (χ2n) is 1.91. The molecule has 0 aliphatic rings. The predicted molar refractivity (Wildman–Crippen MR) is 36.1 cm³/mol. The third-order valence-corrected chi connectivity index (χ3v) is 1.09. The number of hydrogen-bond acceptors (Lipinski definition) is 4. The van der Waals surface area contributed by atoms with Gasteiger partial charge in [-0.1, -0.05) is 5.16 Å². The van der Waals surface area contributed by atoms with Crippen LogP contribution in [0.5, 0.6) is 0 Å². The third kappa shape index (κ3) is 3.88. The number of oxime groups is 1. The molecule has 0 bridgehead atoms. The molecule has 0 fully saturated rings. The molecular weight excluding hydrogens is 134 g/mol. The first-order chi connectivity index (χ1) is 4.70. The quantitative estimate of drug-likeness (QED) is 0.276. The van der Waals surface area contributed by atoms with Gasteiger partial charge in [0, 0.05) is 0 Å². The average Bonchev–Trinajstić information content (AvgIpc) is 1.99. The lowest BCUT2D eigenvalue weighted by Crippen LogP contribution is -2.02. The first-order valence-corrected chi connectivity index (χ1v) is 2.95. The number of carbonyl (C=O) groups is 1. The summed E-state index contributed by atoms with van der Waals surface area (Å²) in [7, 11) is 1.33. The fourth-order valence-electron chi connectivity index (χ4n) is 0.435. The van der Waals surface area contributed by atoms with Crippen LogP contribution in [-0.4, -0.2) is 24.0 Å². The van der Waals surface area contributed by atoms with Crippen molar-refractivity contribution in [2.75, 3.05) is 7.11 Å². The maximum Gasteiger partial charge on any atom is 0.305 e. The number of carbonyl (C=O) groups excluding carboxylic acids is 1. The van der Waals surface area contributed by atoms with Crippen LogP contribution in [-0.2, 0) is 9.53 Å². The van der Waals surface area contributed by atoms with Gasteiger partial charge in [0.25, 0.3) is 0 Å². The Hall–Kier alpha value is -1.06. The summed E-state index contributed by atoms with van der Waals surface area (Å²) in [5, 5.41) is 11.1. The molecule has 10 heavy (non-hydrogen) atoms. The van der Waals surface area contributed by atoms with Gasteiger partial charge in [0.1, 0.15) is 0 Å². The second kappa shape index (κ2) is 4.78. The van der Waals surface area contributed by atoms with E-state index in [1.54, 1.807) is 6.92 Å². The van der Waals surface area contributed by atoms with Gasteiger partial charge >= 0.3 is 5.97 Å². The zero-order valence-corrected chi connectivity index (χ0v) is 6.13. The minimum absolute atomic E-state index is 0.270. The average molecular weight is 145 g/mol. The van der Waals surface area contributed by atoms with Gasteiger partial charge < -0.3 is 9.94 Å². The van der Waals surface area contributed by atoms with Crippen molar-refractivity contribution in [3.8, 4) is 0 Å². The fourth-order valence-corrected chi connectivity index (χ4v) is 0.435. The van der Waals surface area contributed by atoms with E-state index in [-0.39, 0.29) is 12.4 Å². The summed E-state index contributed by atoms with van der Waals surface area (Å²) < 4.78 is 4.37. The first-order valence-electron chi connectivity index (χ1n) is 2.95. The summed E-state index contributed by atoms with van der Waals surface area (Å²) in [6, 6.07) is 0. The molecule has 0 atom stereocenters. The van der Waals surface area contributed by atoms with Crippen LogP contribution in [0.3, 0.4) is 0 Å². The van der Waals surface area contributed by atoms with Crippen LogP contribution < -0.4 is 0 Å². The molecule has 0 saturated heterocycles. The lowest BCUT2D eigenvalue weighted by atomic mass is 10.2. The Kier molecular flexibility index (Phi) is 4.28. The van der Waals surface area contributed by atoms with Crippen molar-refractivity contribution >= 4 is 11.7 Å². The highest BCUT2D eigenvalue weighted by Crippen LogP contribution is 1.93. The van der Waals surface area contributed by atoms with Gasteiger partial charge in [0.05, 0.1) is 19.2 Å². The first kappa shape index (κ1) is 8.94. The molecule has 1 N–H and O–H groups in total. The molecule has 0 aliphatic carbocycles. The SMILES string of the molecule is COC(=O)CCC(C)=NO. The van der Waals surface area contributed by atoms with Gasteiger partial charge in [-0.2, -0.15) is 0 Å². The molecule has 0 rings (SSSR count). The molecule has 0 saturated carbocycles. The molecule has 0 aromatic rings. The molecule has 0 spiro atoms. The summed E-state index contributed by atoms with van der Waals surface area (Å²) in [6.07, 6.45) is 0.718. The Morgan fingerprint density at radius 1 is 1.60 bits per heavy atom. The van der Waals surface area contributed by atoms with E-state index in [1.165, 1.54) is 7.11 Å². The van der Waals surface area contributed by atoms with Crippen LogP contribution in [0.4, 0.5) is 0 Å². The van der Waals surface area contributed by atoms with Crippen molar-refractivity contribution in [1.82, 2.24) is 0 Å². The van der Waals surface area contributed by atoms with Crippen molar-refractivity contribution < 1.29 is 14.7 Å². The van der Waals surface area contributed by atoms with Crippen molar-refractivity contribution in [1.29, 1.82) is 0 Å². The van der Waals surface area contributed by atoms with Gasteiger partial charge in [0.15, 0.2) is 0 Å². The molecular formula is C6H11NO3. The van der Waals surface area contributed by atoms with E-state index in [4.69, 9.17) is 5.21 Å². The molecule has 0 radical (unpaired) electrons. The number of methoxy groups -OCH3 is 1. The van der Waals surface area contributed by atoms with Gasteiger partial charge in [-0.15, -0.1) is 0 Å². The largest absolute Gasteiger partial charge is 0.469 e. The van der Waals surface area contributed by atoms with Crippen molar-refractivity contribution in [2.24, 2.45) is 5.16 Å². The summed E-state index contributed by atoms with van der Waals surface area (Å²) in [6.45, 7) is 1.64. The molecule has 0 aromatic carbocycles. The van der Waals surface area contributed by atoms with Crippen LogP contribution in [0.1, 0.15) is 19.8 Å². The Morgan fingerprint density at radius 2 is 2.20 bits per heavy atom. The molecule has 4 nitrogen and oxygen atoms in total. The molecule has 0 unspecified atom stereocenters. The highest BCUT2D eigenvalue weighted by molar-refractivity contribution is 5.84. The number of hydrogen-bond donors (Lipinski definition) is 1. The summed E-state index contributed by atoms with van der Waals surface area (Å²) in [4.78, 5) is 10.5. The molecule has 0 heterocycles. The second-order valence-corrected chi connectivity index (χ2v) is 1.91. The number of esters is 1. The summed E-state index contributed by atoms with van der Waals surface area (Å²) in [5.74, 6) is -0.289. The standard InChI is InChI=1S/C6H11NO3/c1-5(7-9)3-4-6(8)10-2/h9H,3-4H2,1-2H3. The van der Waals surface area contributed by atoms with E-state index >= 15 is 0 Å². The van der Waals surface area contributed by atoms with Gasteiger partial charge in [0.2, 0.25) is 0 Å². The normalized spacial score (nSPS) is 11.2. The molecule has 0 aliphatic heterocycles. The zero-order valence-electron chi connectivity index (χ0n) is 6.13. The smallest absolute Gasteiger partial charge is 0.305 e. The van der Waals surface area contributed by atoms with Crippen LogP contribution in [0.25, 0.3) is 0 Å². The zero-order chi connectivity index (χ0) is 7.98. The Labute approximate surface area is 59.5 Å². The van der Waals surface area contributed by atoms with E-state index in [2.05, 4.69) is 9.89 Å². The highest BCUT2D eigenvalue weighted by atomic mass is 16.5. The number of nitrogens with zero attached hydrogens (tertiary/aromatic N) is 1. The van der Waals surface area contributed by atoms with Crippen LogP contribution in [0.2, 0.25) is 0 Å². The summed E-state index contributed by atoms with van der Waals surface area (Å²) >= 11 is 0. The summed E-state index contributed by atoms with van der Waals surface area (Å²) in [5.41, 5.74) is 0.533. The minimum Gasteiger partial charge on any atom is -0.469 e. The maximum absolute atomic E-state index is 10.5. The lowest BCUT2D eigenvalue weighted by Gasteiger charge is -1.96. The number of rotatable bonds is 3. The predicted octanol–water partition coefficient (Wildman–Crippen LogP) is 0.790. The monoisotopic (exact) mass is 145 g/mol. The molecule has 4 heteroatoms. The highest BCUT2D eigenvalue weighted by Gasteiger charge is 2.00. The van der Waals surface area contributed by atoms with Crippen molar-refractivity contribution in [2.45, 2.75) is 19.8 Å². The molecule has 0 amide bonds. The third-order valence-electron chi connectivity index (χ3n) is 1.09. The molecule has 0 aromatic heterocycles. The van der Waals surface area contributed by atoms with E-state index in [0.717, 1.165) is 0 Å². The van der Waals surface area contributed by atoms with Crippen molar-refractivity contribution in [3.05, 3.63) is 0 Å². The Bertz CT molecular complexity index is 142. The Morgan fingerprint density at radius 3 is 2.60 bits per heavy atom. The molecule has 58 valence electrons. The van der Waals surface area contributed by atoms with E-state index in [1.807, 2.05) is 0 Å². The van der Waals surface area contributed by atoms with Crippen LogP contribution >= 0.6 is 0 Å². The number of ether oxygens (including phenoxy) is 1. The van der Waals surface area contributed by atoms with Gasteiger partial charge in [-0.25, -0.2) is 0 Å².